The first-order valence-electron chi connectivity index (χ1n) is 7.29. The highest BCUT2D eigenvalue weighted by Crippen LogP contribution is 2.20. The third-order valence-corrected chi connectivity index (χ3v) is 3.32. The van der Waals surface area contributed by atoms with Gasteiger partial charge in [-0.05, 0) is 36.2 Å². The number of nitrogens with one attached hydrogen (secondary N) is 2. The number of hydrogen-bond acceptors (Lipinski definition) is 3. The number of benzene rings is 2. The number of aryl methyl sites for hydroxylation is 1. The Balaban J connectivity index is 1.89. The molecule has 24 heavy (non-hydrogen) atoms. The molecular formula is C17H18F2N2O3. The van der Waals surface area contributed by atoms with Crippen LogP contribution in [0.2, 0.25) is 0 Å². The molecule has 0 aliphatic rings. The zero-order chi connectivity index (χ0) is 17.5. The summed E-state index contributed by atoms with van der Waals surface area (Å²) in [4.78, 5) is 11.9. The van der Waals surface area contributed by atoms with E-state index in [1.54, 1.807) is 18.2 Å². The molecule has 0 spiro atoms. The number of anilines is 1. The predicted molar refractivity (Wildman–Crippen MR) is 86.2 cm³/mol. The van der Waals surface area contributed by atoms with Gasteiger partial charge in [0.05, 0.1) is 6.10 Å². The van der Waals surface area contributed by atoms with Crippen molar-refractivity contribution in [2.24, 2.45) is 0 Å². The van der Waals surface area contributed by atoms with E-state index in [1.807, 2.05) is 19.1 Å². The lowest BCUT2D eigenvalue weighted by Crippen LogP contribution is -2.32. The van der Waals surface area contributed by atoms with Gasteiger partial charge in [-0.15, -0.1) is 0 Å². The summed E-state index contributed by atoms with van der Waals surface area (Å²) >= 11 is 0. The van der Waals surface area contributed by atoms with Crippen molar-refractivity contribution in [2.45, 2.75) is 19.6 Å². The van der Waals surface area contributed by atoms with E-state index in [-0.39, 0.29) is 12.3 Å². The van der Waals surface area contributed by atoms with Crippen LogP contribution in [0.5, 0.6) is 5.75 Å². The molecule has 0 saturated heterocycles. The quantitative estimate of drug-likeness (QED) is 0.757. The molecule has 5 nitrogen and oxygen atoms in total. The normalized spacial score (nSPS) is 11.9. The summed E-state index contributed by atoms with van der Waals surface area (Å²) in [6.07, 6.45) is -1.05. The van der Waals surface area contributed by atoms with Gasteiger partial charge in [-0.1, -0.05) is 30.3 Å². The number of ether oxygens (including phenoxy) is 1. The lowest BCUT2D eigenvalue weighted by Gasteiger charge is -2.14. The van der Waals surface area contributed by atoms with Crippen LogP contribution in [0.15, 0.2) is 48.5 Å². The van der Waals surface area contributed by atoms with Crippen molar-refractivity contribution in [3.63, 3.8) is 0 Å². The molecule has 2 aromatic rings. The van der Waals surface area contributed by atoms with Crippen LogP contribution in [0.3, 0.4) is 0 Å². The molecule has 1 unspecified atom stereocenters. The first kappa shape index (κ1) is 17.7. The molecule has 0 fully saturated rings. The van der Waals surface area contributed by atoms with E-state index >= 15 is 0 Å². The van der Waals surface area contributed by atoms with E-state index in [4.69, 9.17) is 0 Å². The van der Waals surface area contributed by atoms with Gasteiger partial charge in [-0.25, -0.2) is 4.79 Å². The topological polar surface area (TPSA) is 70.6 Å². The second kappa shape index (κ2) is 8.26. The number of carbonyl (C=O) groups is 1. The summed E-state index contributed by atoms with van der Waals surface area (Å²) in [6.45, 7) is -1.15. The van der Waals surface area contributed by atoms with Crippen LogP contribution >= 0.6 is 0 Å². The largest absolute Gasteiger partial charge is 0.435 e. The number of aliphatic hydroxyl groups excluding tert-OH is 1. The van der Waals surface area contributed by atoms with Gasteiger partial charge in [0.1, 0.15) is 5.75 Å². The second-order valence-corrected chi connectivity index (χ2v) is 5.12. The molecule has 2 rings (SSSR count). The van der Waals surface area contributed by atoms with Gasteiger partial charge >= 0.3 is 12.6 Å². The fourth-order valence-corrected chi connectivity index (χ4v) is 2.08. The monoisotopic (exact) mass is 336 g/mol. The van der Waals surface area contributed by atoms with Gasteiger partial charge < -0.3 is 20.5 Å². The molecular weight excluding hydrogens is 318 g/mol. The number of rotatable bonds is 6. The van der Waals surface area contributed by atoms with Crippen molar-refractivity contribution in [3.8, 4) is 5.75 Å². The minimum Gasteiger partial charge on any atom is -0.435 e. The minimum atomic E-state index is -2.93. The van der Waals surface area contributed by atoms with Crippen LogP contribution < -0.4 is 15.4 Å². The maximum atomic E-state index is 12.2. The lowest BCUT2D eigenvalue weighted by molar-refractivity contribution is -0.0499. The summed E-state index contributed by atoms with van der Waals surface area (Å²) in [5.41, 5.74) is 1.94. The van der Waals surface area contributed by atoms with Crippen LogP contribution in [-0.4, -0.2) is 24.3 Å². The van der Waals surface area contributed by atoms with Gasteiger partial charge in [0.25, 0.3) is 0 Å². The molecule has 0 radical (unpaired) electrons. The number of alkyl halides is 2. The summed E-state index contributed by atoms with van der Waals surface area (Å²) < 4.78 is 28.7. The molecule has 0 aromatic heterocycles. The fraction of sp³-hybridized carbons (Fsp3) is 0.235. The minimum absolute atomic E-state index is 0.0501. The van der Waals surface area contributed by atoms with Gasteiger partial charge in [-0.3, -0.25) is 0 Å². The maximum Gasteiger partial charge on any atom is 0.387 e. The van der Waals surface area contributed by atoms with Crippen molar-refractivity contribution in [2.75, 3.05) is 11.9 Å². The Morgan fingerprint density at radius 3 is 2.67 bits per heavy atom. The maximum absolute atomic E-state index is 12.2. The number of amides is 2. The fourth-order valence-electron chi connectivity index (χ4n) is 2.08. The predicted octanol–water partition coefficient (Wildman–Crippen LogP) is 3.45. The van der Waals surface area contributed by atoms with Gasteiger partial charge in [0, 0.05) is 12.2 Å². The number of para-hydroxylation sites is 1. The zero-order valence-corrected chi connectivity index (χ0v) is 13.0. The van der Waals surface area contributed by atoms with E-state index in [0.717, 1.165) is 5.56 Å². The van der Waals surface area contributed by atoms with Crippen molar-refractivity contribution < 1.29 is 23.4 Å². The molecule has 7 heteroatoms. The average Bonchev–Trinajstić information content (AvgIpc) is 2.54. The number of halogens is 2. The standard InChI is InChI=1S/C17H18F2N2O3/c1-11-5-2-3-8-14(11)21-17(23)20-10-15(22)12-6-4-7-13(9-12)24-16(18)19/h2-9,15-16,22H,10H2,1H3,(H2,20,21,23). The molecule has 2 aromatic carbocycles. The summed E-state index contributed by atoms with van der Waals surface area (Å²) in [5.74, 6) is -0.0501. The van der Waals surface area contributed by atoms with E-state index in [2.05, 4.69) is 15.4 Å². The van der Waals surface area contributed by atoms with Gasteiger partial charge in [-0.2, -0.15) is 8.78 Å². The molecule has 128 valence electrons. The molecule has 2 amide bonds. The van der Waals surface area contributed by atoms with Crippen LogP contribution in [0, 0.1) is 6.92 Å². The highest BCUT2D eigenvalue weighted by molar-refractivity contribution is 5.90. The average molecular weight is 336 g/mol. The number of aliphatic hydroxyl groups is 1. The zero-order valence-electron chi connectivity index (χ0n) is 13.0. The number of carbonyl (C=O) groups excluding carboxylic acids is 1. The van der Waals surface area contributed by atoms with E-state index < -0.39 is 18.7 Å². The molecule has 0 heterocycles. The second-order valence-electron chi connectivity index (χ2n) is 5.12. The molecule has 0 bridgehead atoms. The smallest absolute Gasteiger partial charge is 0.387 e. The number of urea groups is 1. The van der Waals surface area contributed by atoms with Crippen LogP contribution in [0.4, 0.5) is 19.3 Å². The van der Waals surface area contributed by atoms with Crippen molar-refractivity contribution in [3.05, 3.63) is 59.7 Å². The Kier molecular flexibility index (Phi) is 6.08. The molecule has 3 N–H and O–H groups in total. The van der Waals surface area contributed by atoms with Crippen LogP contribution in [0.1, 0.15) is 17.2 Å². The van der Waals surface area contributed by atoms with Crippen molar-refractivity contribution in [1.82, 2.24) is 5.32 Å². The van der Waals surface area contributed by atoms with Crippen molar-refractivity contribution in [1.29, 1.82) is 0 Å². The Morgan fingerprint density at radius 2 is 1.96 bits per heavy atom. The lowest BCUT2D eigenvalue weighted by atomic mass is 10.1. The Bertz CT molecular complexity index is 695. The number of hydrogen-bond donors (Lipinski definition) is 3. The van der Waals surface area contributed by atoms with E-state index in [9.17, 15) is 18.7 Å². The molecule has 1 atom stereocenters. The Morgan fingerprint density at radius 1 is 1.21 bits per heavy atom. The summed E-state index contributed by atoms with van der Waals surface area (Å²) in [5, 5.41) is 15.3. The Labute approximate surface area is 138 Å². The summed E-state index contributed by atoms with van der Waals surface area (Å²) in [6, 6.07) is 12.5. The SMILES string of the molecule is Cc1ccccc1NC(=O)NCC(O)c1cccc(OC(F)F)c1. The highest BCUT2D eigenvalue weighted by Gasteiger charge is 2.12. The third-order valence-electron chi connectivity index (χ3n) is 3.32. The van der Waals surface area contributed by atoms with Gasteiger partial charge in [0.2, 0.25) is 0 Å². The van der Waals surface area contributed by atoms with Gasteiger partial charge in [0.15, 0.2) is 0 Å². The Hall–Kier alpha value is -2.67. The molecule has 0 saturated carbocycles. The van der Waals surface area contributed by atoms with Crippen LogP contribution in [0.25, 0.3) is 0 Å². The first-order chi connectivity index (χ1) is 11.5. The molecule has 0 aliphatic heterocycles. The third kappa shape index (κ3) is 5.20. The van der Waals surface area contributed by atoms with E-state index in [0.29, 0.717) is 11.3 Å². The van der Waals surface area contributed by atoms with Crippen molar-refractivity contribution >= 4 is 11.7 Å². The first-order valence-corrected chi connectivity index (χ1v) is 7.29. The summed E-state index contributed by atoms with van der Waals surface area (Å²) in [7, 11) is 0. The van der Waals surface area contributed by atoms with Crippen LogP contribution in [-0.2, 0) is 0 Å². The highest BCUT2D eigenvalue weighted by atomic mass is 19.3. The molecule has 0 aliphatic carbocycles. The van der Waals surface area contributed by atoms with E-state index in [1.165, 1.54) is 18.2 Å².